The van der Waals surface area contributed by atoms with Gasteiger partial charge in [0, 0.05) is 27.8 Å². The summed E-state index contributed by atoms with van der Waals surface area (Å²) in [5, 5.41) is -0.481. The lowest BCUT2D eigenvalue weighted by Gasteiger charge is -2.15. The summed E-state index contributed by atoms with van der Waals surface area (Å²) in [5.41, 5.74) is -1.51. The van der Waals surface area contributed by atoms with Crippen LogP contribution in [0.5, 0.6) is 5.88 Å². The van der Waals surface area contributed by atoms with Gasteiger partial charge in [-0.1, -0.05) is 15.9 Å². The van der Waals surface area contributed by atoms with Gasteiger partial charge in [0.05, 0.1) is 0 Å². The highest BCUT2D eigenvalue weighted by molar-refractivity contribution is 9.08. The van der Waals surface area contributed by atoms with Gasteiger partial charge in [0.25, 0.3) is 15.5 Å². The van der Waals surface area contributed by atoms with E-state index in [4.69, 9.17) is 10.7 Å². The van der Waals surface area contributed by atoms with Gasteiger partial charge < -0.3 is 4.74 Å². The second-order valence-corrected chi connectivity index (χ2v) is 6.31. The maximum Gasteiger partial charge on any atom is 0.574 e. The number of alkyl halides is 6. The van der Waals surface area contributed by atoms with Crippen LogP contribution in [0.1, 0.15) is 17.6 Å². The number of nitrogens with zero attached hydrogens (tertiary/aromatic N) is 1. The van der Waals surface area contributed by atoms with Crippen molar-refractivity contribution in [3.63, 3.8) is 0 Å². The van der Waals surface area contributed by atoms with Gasteiger partial charge in [0.1, 0.15) is 4.90 Å². The minimum atomic E-state index is -5.25. The van der Waals surface area contributed by atoms with E-state index in [1.807, 2.05) is 0 Å². The molecule has 0 unspecified atom stereocenters. The average molecular weight is 405 g/mol. The van der Waals surface area contributed by atoms with Gasteiger partial charge in [0.2, 0.25) is 5.88 Å². The number of pyridine rings is 1. The van der Waals surface area contributed by atoms with Gasteiger partial charge in [0.15, 0.2) is 0 Å². The van der Waals surface area contributed by atoms with E-state index in [2.05, 4.69) is 25.7 Å². The molecule has 114 valence electrons. The predicted molar refractivity (Wildman–Crippen MR) is 61.5 cm³/mol. The fourth-order valence-corrected chi connectivity index (χ4v) is 3.34. The highest BCUT2D eigenvalue weighted by atomic mass is 79.9. The Morgan fingerprint density at radius 2 is 1.95 bits per heavy atom. The third-order valence-corrected chi connectivity index (χ3v) is 3.89. The molecule has 0 saturated heterocycles. The minimum absolute atomic E-state index is 0.397. The zero-order valence-corrected chi connectivity index (χ0v) is 12.2. The van der Waals surface area contributed by atoms with E-state index in [1.54, 1.807) is 0 Å². The van der Waals surface area contributed by atoms with Gasteiger partial charge in [-0.15, -0.1) is 13.2 Å². The van der Waals surface area contributed by atoms with Crippen molar-refractivity contribution in [2.24, 2.45) is 0 Å². The number of hydrogen-bond acceptors (Lipinski definition) is 4. The maximum absolute atomic E-state index is 12.7. The largest absolute Gasteiger partial charge is 0.574 e. The first-order valence-corrected chi connectivity index (χ1v) is 7.96. The first kappa shape index (κ1) is 17.4. The van der Waals surface area contributed by atoms with Crippen LogP contribution in [0.2, 0.25) is 0 Å². The van der Waals surface area contributed by atoms with Gasteiger partial charge in [-0.3, -0.25) is 0 Å². The van der Waals surface area contributed by atoms with Crippen molar-refractivity contribution in [1.82, 2.24) is 4.98 Å². The standard InChI is InChI=1S/C8H4BrClF5NO3S/c9-1-3-4(6(11)12)2-16-7(19-8(13,14)15)5(3)20(10,17)18/h2,6H,1H2. The summed E-state index contributed by atoms with van der Waals surface area (Å²) in [5.74, 6) is -1.41. The zero-order chi connectivity index (χ0) is 15.7. The van der Waals surface area contributed by atoms with Gasteiger partial charge in [-0.2, -0.15) is 0 Å². The van der Waals surface area contributed by atoms with Crippen molar-refractivity contribution in [2.75, 3.05) is 0 Å². The highest BCUT2D eigenvalue weighted by Crippen LogP contribution is 2.37. The predicted octanol–water partition coefficient (Wildman–Crippen LogP) is 3.74. The van der Waals surface area contributed by atoms with Crippen LogP contribution in [-0.2, 0) is 14.4 Å². The molecule has 12 heteroatoms. The SMILES string of the molecule is O=S(=O)(Cl)c1c(OC(F)(F)F)ncc(C(F)F)c1CBr. The Labute approximate surface area is 122 Å². The number of ether oxygens (including phenoxy) is 1. The average Bonchev–Trinajstić information content (AvgIpc) is 2.23. The number of hydrogen-bond donors (Lipinski definition) is 0. The highest BCUT2D eigenvalue weighted by Gasteiger charge is 2.37. The van der Waals surface area contributed by atoms with E-state index in [0.717, 1.165) is 0 Å². The maximum atomic E-state index is 12.7. The van der Waals surface area contributed by atoms with E-state index in [0.29, 0.717) is 6.20 Å². The van der Waals surface area contributed by atoms with Crippen LogP contribution in [0.15, 0.2) is 11.1 Å². The van der Waals surface area contributed by atoms with Crippen molar-refractivity contribution >= 4 is 35.7 Å². The molecule has 0 aliphatic heterocycles. The molecule has 0 saturated carbocycles. The summed E-state index contributed by atoms with van der Waals surface area (Å²) in [6.45, 7) is 0. The molecule has 0 spiro atoms. The molecule has 4 nitrogen and oxygen atoms in total. The summed E-state index contributed by atoms with van der Waals surface area (Å²) in [4.78, 5) is 1.71. The summed E-state index contributed by atoms with van der Waals surface area (Å²) in [6, 6.07) is 0. The Morgan fingerprint density at radius 3 is 2.30 bits per heavy atom. The molecule has 1 aromatic heterocycles. The molecule has 0 aliphatic carbocycles. The lowest BCUT2D eigenvalue weighted by Crippen LogP contribution is -2.20. The molecular weight excluding hydrogens is 401 g/mol. The Balaban J connectivity index is 3.63. The Morgan fingerprint density at radius 1 is 1.40 bits per heavy atom. The number of aromatic nitrogens is 1. The van der Waals surface area contributed by atoms with Crippen molar-refractivity contribution in [2.45, 2.75) is 23.0 Å². The second-order valence-electron chi connectivity index (χ2n) is 3.25. The lowest BCUT2D eigenvalue weighted by atomic mass is 10.1. The zero-order valence-electron chi connectivity index (χ0n) is 9.09. The summed E-state index contributed by atoms with van der Waals surface area (Å²) in [7, 11) is 0.189. The van der Waals surface area contributed by atoms with Crippen LogP contribution in [0.4, 0.5) is 22.0 Å². The van der Waals surface area contributed by atoms with Crippen molar-refractivity contribution in [3.05, 3.63) is 17.3 Å². The van der Waals surface area contributed by atoms with Crippen LogP contribution in [0.3, 0.4) is 0 Å². The van der Waals surface area contributed by atoms with E-state index in [-0.39, 0.29) is 0 Å². The van der Waals surface area contributed by atoms with Gasteiger partial charge in [-0.25, -0.2) is 22.2 Å². The number of rotatable bonds is 4. The second kappa shape index (κ2) is 5.98. The molecule has 0 amide bonds. The number of halogens is 7. The monoisotopic (exact) mass is 403 g/mol. The Bertz CT molecular complexity index is 607. The summed E-state index contributed by atoms with van der Waals surface area (Å²) in [6.07, 6.45) is -8.00. The van der Waals surface area contributed by atoms with Gasteiger partial charge in [-0.05, 0) is 5.56 Å². The smallest absolute Gasteiger partial charge is 0.386 e. The van der Waals surface area contributed by atoms with Crippen LogP contribution in [0.25, 0.3) is 0 Å². The third-order valence-electron chi connectivity index (χ3n) is 1.96. The Kier molecular flexibility index (Phi) is 5.19. The molecule has 0 atom stereocenters. The van der Waals surface area contributed by atoms with Gasteiger partial charge >= 0.3 is 6.36 Å². The molecule has 1 heterocycles. The van der Waals surface area contributed by atoms with Crippen LogP contribution < -0.4 is 4.74 Å². The molecule has 0 radical (unpaired) electrons. The molecular formula is C8H4BrClF5NO3S. The van der Waals surface area contributed by atoms with Crippen molar-refractivity contribution in [1.29, 1.82) is 0 Å². The summed E-state index contributed by atoms with van der Waals surface area (Å²) >= 11 is 2.71. The molecule has 1 rings (SSSR count). The molecule has 0 bridgehead atoms. The normalized spacial score (nSPS) is 12.8. The first-order chi connectivity index (χ1) is 8.97. The fourth-order valence-electron chi connectivity index (χ4n) is 1.28. The van der Waals surface area contributed by atoms with Crippen molar-refractivity contribution < 1.29 is 35.1 Å². The van der Waals surface area contributed by atoms with Crippen LogP contribution >= 0.6 is 26.6 Å². The van der Waals surface area contributed by atoms with E-state index in [1.165, 1.54) is 0 Å². The minimum Gasteiger partial charge on any atom is -0.386 e. The van der Waals surface area contributed by atoms with Crippen molar-refractivity contribution in [3.8, 4) is 5.88 Å². The fraction of sp³-hybridized carbons (Fsp3) is 0.375. The van der Waals surface area contributed by atoms with E-state index >= 15 is 0 Å². The molecule has 0 fully saturated rings. The molecule has 0 N–H and O–H groups in total. The summed E-state index contributed by atoms with van der Waals surface area (Å²) < 4.78 is 87.8. The topological polar surface area (TPSA) is 56.3 Å². The molecule has 0 aliphatic rings. The quantitative estimate of drug-likeness (QED) is 0.436. The molecule has 1 aromatic rings. The lowest BCUT2D eigenvalue weighted by molar-refractivity contribution is -0.277. The first-order valence-electron chi connectivity index (χ1n) is 4.53. The Hall–Kier alpha value is -0.680. The van der Waals surface area contributed by atoms with Crippen LogP contribution in [0, 0.1) is 0 Å². The van der Waals surface area contributed by atoms with Crippen LogP contribution in [-0.4, -0.2) is 19.8 Å². The molecule has 0 aromatic carbocycles. The third kappa shape index (κ3) is 4.16. The van der Waals surface area contributed by atoms with E-state index < -0.39 is 49.1 Å². The van der Waals surface area contributed by atoms with E-state index in [9.17, 15) is 30.4 Å². The molecule has 20 heavy (non-hydrogen) atoms.